The van der Waals surface area contributed by atoms with Gasteiger partial charge in [0.1, 0.15) is 11.3 Å². The second-order valence-electron chi connectivity index (χ2n) is 6.47. The van der Waals surface area contributed by atoms with Crippen LogP contribution in [0.4, 0.5) is 0 Å². The van der Waals surface area contributed by atoms with Crippen molar-refractivity contribution >= 4 is 5.84 Å². The van der Waals surface area contributed by atoms with Crippen molar-refractivity contribution in [1.29, 1.82) is 10.5 Å². The maximum atomic E-state index is 10.1. The Morgan fingerprint density at radius 1 is 1.07 bits per heavy atom. The van der Waals surface area contributed by atoms with E-state index in [-0.39, 0.29) is 19.0 Å². The van der Waals surface area contributed by atoms with Crippen molar-refractivity contribution in [2.24, 2.45) is 21.6 Å². The molecule has 2 N–H and O–H groups in total. The summed E-state index contributed by atoms with van der Waals surface area (Å²) in [7, 11) is 4.47. The van der Waals surface area contributed by atoms with E-state index in [9.17, 15) is 10.5 Å². The van der Waals surface area contributed by atoms with Gasteiger partial charge in [0.25, 0.3) is 5.91 Å². The standard InChI is InChI=1S/C18H18N4O5/c1-23-11-5-4-10(12(24-2)13(11)25-3)14-16(8-19)15(21)22-18(17(14,16)9-20)26-6-7-27-18/h4-5,14H,6-7H2,1-3H3,(H2,21,22)/t14-,16-,17+/m0/s1. The van der Waals surface area contributed by atoms with Gasteiger partial charge in [0.05, 0.1) is 46.7 Å². The van der Waals surface area contributed by atoms with Crippen LogP contribution in [0.15, 0.2) is 17.1 Å². The van der Waals surface area contributed by atoms with Gasteiger partial charge in [0.15, 0.2) is 16.9 Å². The molecule has 1 aromatic rings. The number of rotatable bonds is 4. The summed E-state index contributed by atoms with van der Waals surface area (Å²) in [4.78, 5) is 4.25. The van der Waals surface area contributed by atoms with Gasteiger partial charge in [-0.3, -0.25) is 0 Å². The van der Waals surface area contributed by atoms with Gasteiger partial charge in [0, 0.05) is 11.5 Å². The highest BCUT2D eigenvalue weighted by Gasteiger charge is 2.94. The van der Waals surface area contributed by atoms with Crippen LogP contribution in [0.2, 0.25) is 0 Å². The molecule has 27 heavy (non-hydrogen) atoms. The SMILES string of the molecule is COc1ccc([C@@H]2[C@@]3(C#N)C4(N=C(N)[C@]23C#N)OCCO4)c(OC)c1OC. The summed E-state index contributed by atoms with van der Waals surface area (Å²) < 4.78 is 27.7. The molecule has 2 fully saturated rings. The lowest BCUT2D eigenvalue weighted by molar-refractivity contribution is -0.184. The van der Waals surface area contributed by atoms with Crippen molar-refractivity contribution in [3.05, 3.63) is 17.7 Å². The molecule has 1 aliphatic carbocycles. The molecule has 1 saturated heterocycles. The fourth-order valence-corrected chi connectivity index (χ4v) is 4.54. The highest BCUT2D eigenvalue weighted by atomic mass is 16.8. The van der Waals surface area contributed by atoms with Crippen LogP contribution in [-0.2, 0) is 9.47 Å². The summed E-state index contributed by atoms with van der Waals surface area (Å²) in [6.07, 6.45) is 0. The maximum absolute atomic E-state index is 10.1. The molecule has 140 valence electrons. The monoisotopic (exact) mass is 370 g/mol. The van der Waals surface area contributed by atoms with Crippen LogP contribution in [0.3, 0.4) is 0 Å². The minimum absolute atomic E-state index is 0.0234. The molecule has 0 amide bonds. The number of hydrogen-bond acceptors (Lipinski definition) is 9. The molecule has 0 bridgehead atoms. The molecule has 1 aromatic carbocycles. The van der Waals surface area contributed by atoms with Crippen molar-refractivity contribution in [1.82, 2.24) is 0 Å². The number of ether oxygens (including phenoxy) is 5. The molecular formula is C18H18N4O5. The van der Waals surface area contributed by atoms with E-state index in [0.29, 0.717) is 22.8 Å². The quantitative estimate of drug-likeness (QED) is 0.827. The first kappa shape index (κ1) is 17.4. The second kappa shape index (κ2) is 5.49. The molecule has 1 spiro atoms. The Kier molecular flexibility index (Phi) is 3.54. The molecule has 0 unspecified atom stereocenters. The Labute approximate surface area is 155 Å². The molecule has 3 atom stereocenters. The van der Waals surface area contributed by atoms with Crippen LogP contribution in [0.5, 0.6) is 17.2 Å². The fourth-order valence-electron chi connectivity index (χ4n) is 4.54. The van der Waals surface area contributed by atoms with Crippen molar-refractivity contribution in [2.45, 2.75) is 11.8 Å². The molecule has 1 saturated carbocycles. The molecule has 3 aliphatic rings. The average molecular weight is 370 g/mol. The molecule has 4 rings (SSSR count). The highest BCUT2D eigenvalue weighted by molar-refractivity contribution is 6.00. The predicted molar refractivity (Wildman–Crippen MR) is 91.2 cm³/mol. The Morgan fingerprint density at radius 2 is 1.74 bits per heavy atom. The van der Waals surface area contributed by atoms with Gasteiger partial charge in [-0.05, 0) is 6.07 Å². The van der Waals surface area contributed by atoms with Crippen LogP contribution in [0.25, 0.3) is 0 Å². The Bertz CT molecular complexity index is 927. The van der Waals surface area contributed by atoms with Crippen LogP contribution >= 0.6 is 0 Å². The largest absolute Gasteiger partial charge is 0.493 e. The van der Waals surface area contributed by atoms with Crippen LogP contribution < -0.4 is 19.9 Å². The predicted octanol–water partition coefficient (Wildman–Crippen LogP) is 0.901. The molecule has 2 heterocycles. The number of methoxy groups -OCH3 is 3. The van der Waals surface area contributed by atoms with E-state index in [0.717, 1.165) is 0 Å². The number of hydrogen-bond donors (Lipinski definition) is 1. The highest BCUT2D eigenvalue weighted by Crippen LogP contribution is 2.83. The van der Waals surface area contributed by atoms with Gasteiger partial charge < -0.3 is 29.4 Å². The van der Waals surface area contributed by atoms with Gasteiger partial charge in [-0.15, -0.1) is 0 Å². The Hall–Kier alpha value is -3.01. The smallest absolute Gasteiger partial charge is 0.293 e. The second-order valence-corrected chi connectivity index (χ2v) is 6.47. The third kappa shape index (κ3) is 1.67. The van der Waals surface area contributed by atoms with Crippen LogP contribution in [0.1, 0.15) is 11.5 Å². The zero-order valence-corrected chi connectivity index (χ0v) is 15.1. The summed E-state index contributed by atoms with van der Waals surface area (Å²) in [5.41, 5.74) is 3.93. The van der Waals surface area contributed by atoms with E-state index in [1.165, 1.54) is 21.3 Å². The first-order valence-corrected chi connectivity index (χ1v) is 8.28. The minimum Gasteiger partial charge on any atom is -0.493 e. The Morgan fingerprint density at radius 3 is 2.26 bits per heavy atom. The van der Waals surface area contributed by atoms with Gasteiger partial charge >= 0.3 is 0 Å². The van der Waals surface area contributed by atoms with E-state index < -0.39 is 22.7 Å². The van der Waals surface area contributed by atoms with Crippen LogP contribution in [0, 0.1) is 33.5 Å². The molecule has 2 aliphatic heterocycles. The summed E-state index contributed by atoms with van der Waals surface area (Å²) in [5, 5.41) is 20.2. The van der Waals surface area contributed by atoms with Crippen molar-refractivity contribution < 1.29 is 23.7 Å². The van der Waals surface area contributed by atoms with Gasteiger partial charge in [-0.1, -0.05) is 6.07 Å². The van der Waals surface area contributed by atoms with Gasteiger partial charge in [-0.25, -0.2) is 4.99 Å². The number of nitrogens with two attached hydrogens (primary N) is 1. The molecule has 0 radical (unpaired) electrons. The number of nitriles is 2. The lowest BCUT2D eigenvalue weighted by atomic mass is 9.93. The number of benzene rings is 1. The number of fused-ring (bicyclic) bond motifs is 2. The lowest BCUT2D eigenvalue weighted by Gasteiger charge is -2.26. The van der Waals surface area contributed by atoms with E-state index in [1.54, 1.807) is 12.1 Å². The van der Waals surface area contributed by atoms with Crippen LogP contribution in [-0.4, -0.2) is 46.3 Å². The lowest BCUT2D eigenvalue weighted by Crippen LogP contribution is -2.38. The van der Waals surface area contributed by atoms with Gasteiger partial charge in [0.2, 0.25) is 5.75 Å². The first-order valence-electron chi connectivity index (χ1n) is 8.28. The van der Waals surface area contributed by atoms with E-state index in [1.807, 2.05) is 0 Å². The molecular weight excluding hydrogens is 352 g/mol. The minimum atomic E-state index is -1.59. The van der Waals surface area contributed by atoms with E-state index in [4.69, 9.17) is 29.4 Å². The number of nitrogens with zero attached hydrogens (tertiary/aromatic N) is 3. The summed E-state index contributed by atoms with van der Waals surface area (Å²) >= 11 is 0. The van der Waals surface area contributed by atoms with E-state index >= 15 is 0 Å². The van der Waals surface area contributed by atoms with Crippen molar-refractivity contribution in [3.8, 4) is 29.4 Å². The van der Waals surface area contributed by atoms with Gasteiger partial charge in [-0.2, -0.15) is 10.5 Å². The third-order valence-corrected chi connectivity index (χ3v) is 5.65. The Balaban J connectivity index is 1.96. The van der Waals surface area contributed by atoms with E-state index in [2.05, 4.69) is 17.1 Å². The van der Waals surface area contributed by atoms with Crippen molar-refractivity contribution in [2.75, 3.05) is 34.5 Å². The average Bonchev–Trinajstić information content (AvgIpc) is 2.93. The molecule has 9 nitrogen and oxygen atoms in total. The summed E-state index contributed by atoms with van der Waals surface area (Å²) in [5.74, 6) is -1.04. The third-order valence-electron chi connectivity index (χ3n) is 5.65. The zero-order chi connectivity index (χ0) is 19.4. The number of amidine groups is 1. The first-order chi connectivity index (χ1) is 13.0. The molecule has 0 aromatic heterocycles. The normalized spacial score (nSPS) is 32.2. The number of aliphatic imine (C=N–C) groups is 1. The zero-order valence-electron chi connectivity index (χ0n) is 15.1. The maximum Gasteiger partial charge on any atom is 0.293 e. The van der Waals surface area contributed by atoms with Crippen molar-refractivity contribution in [3.63, 3.8) is 0 Å². The summed E-state index contributed by atoms with van der Waals surface area (Å²) in [6.45, 7) is 0.523. The topological polar surface area (TPSA) is 132 Å². The fraction of sp³-hybridized carbons (Fsp3) is 0.500. The molecule has 9 heteroatoms. The summed E-state index contributed by atoms with van der Waals surface area (Å²) in [6, 6.07) is 7.87.